The van der Waals surface area contributed by atoms with Gasteiger partial charge >= 0.3 is 5.97 Å². The molecule has 1 aliphatic carbocycles. The van der Waals surface area contributed by atoms with Crippen molar-refractivity contribution < 1.29 is 9.53 Å². The average molecular weight is 206 g/mol. The second-order valence-electron chi connectivity index (χ2n) is 4.26. The fraction of sp³-hybridized carbons (Fsp3) is 0.615. The Hall–Kier alpha value is -1.05. The lowest BCUT2D eigenvalue weighted by Crippen LogP contribution is -2.44. The molecule has 0 saturated carbocycles. The van der Waals surface area contributed by atoms with Crippen molar-refractivity contribution in [1.82, 2.24) is 0 Å². The molecule has 0 aromatic rings. The minimum absolute atomic E-state index is 0.00874. The van der Waals surface area contributed by atoms with E-state index in [0.29, 0.717) is 0 Å². The van der Waals surface area contributed by atoms with E-state index >= 15 is 0 Å². The van der Waals surface area contributed by atoms with E-state index in [1.807, 2.05) is 0 Å². The van der Waals surface area contributed by atoms with Gasteiger partial charge in [0, 0.05) is 0 Å². The zero-order chi connectivity index (χ0) is 10.5. The Kier molecular flexibility index (Phi) is 3.59. The van der Waals surface area contributed by atoms with Gasteiger partial charge < -0.3 is 4.74 Å². The monoisotopic (exact) mass is 206 g/mol. The molecule has 1 saturated heterocycles. The summed E-state index contributed by atoms with van der Waals surface area (Å²) in [6, 6.07) is 0. The van der Waals surface area contributed by atoms with E-state index in [2.05, 4.69) is 24.3 Å². The Morgan fingerprint density at radius 3 is 2.20 bits per heavy atom. The van der Waals surface area contributed by atoms with E-state index < -0.39 is 0 Å². The maximum atomic E-state index is 11.2. The van der Waals surface area contributed by atoms with E-state index in [9.17, 15) is 4.79 Å². The lowest BCUT2D eigenvalue weighted by atomic mass is 9.88. The fourth-order valence-electron chi connectivity index (χ4n) is 2.16. The number of ether oxygens (including phenoxy) is 1. The van der Waals surface area contributed by atoms with E-state index in [1.54, 1.807) is 0 Å². The van der Waals surface area contributed by atoms with E-state index in [4.69, 9.17) is 4.74 Å². The van der Waals surface area contributed by atoms with Gasteiger partial charge in [-0.05, 0) is 38.5 Å². The summed E-state index contributed by atoms with van der Waals surface area (Å²) in [6.07, 6.45) is 15.3. The molecule has 15 heavy (non-hydrogen) atoms. The third-order valence-electron chi connectivity index (χ3n) is 3.11. The van der Waals surface area contributed by atoms with Crippen LogP contribution in [0.15, 0.2) is 24.3 Å². The molecule has 2 rings (SSSR count). The number of hydrogen-bond donors (Lipinski definition) is 0. The van der Waals surface area contributed by atoms with Crippen molar-refractivity contribution in [2.45, 2.75) is 44.6 Å². The van der Waals surface area contributed by atoms with Gasteiger partial charge in [-0.2, -0.15) is 0 Å². The van der Waals surface area contributed by atoms with Crippen molar-refractivity contribution in [3.63, 3.8) is 0 Å². The molecular formula is C13H18O2. The molecule has 0 aromatic heterocycles. The van der Waals surface area contributed by atoms with Crippen LogP contribution in [0, 0.1) is 5.92 Å². The molecule has 2 aliphatic rings. The summed E-state index contributed by atoms with van der Waals surface area (Å²) < 4.78 is 5.15. The minimum atomic E-state index is 0.00874. The summed E-state index contributed by atoms with van der Waals surface area (Å²) >= 11 is 0. The van der Waals surface area contributed by atoms with Crippen molar-refractivity contribution in [3.05, 3.63) is 24.3 Å². The van der Waals surface area contributed by atoms with E-state index in [1.165, 1.54) is 0 Å². The van der Waals surface area contributed by atoms with Gasteiger partial charge in [0.2, 0.25) is 0 Å². The van der Waals surface area contributed by atoms with Gasteiger partial charge in [-0.1, -0.05) is 24.3 Å². The molecule has 0 radical (unpaired) electrons. The van der Waals surface area contributed by atoms with Crippen LogP contribution >= 0.6 is 0 Å². The molecule has 82 valence electrons. The second-order valence-corrected chi connectivity index (χ2v) is 4.26. The average Bonchev–Trinajstić information content (AvgIpc) is 2.22. The third-order valence-corrected chi connectivity index (χ3v) is 3.11. The number of rotatable bonds is 0. The van der Waals surface area contributed by atoms with Crippen LogP contribution in [0.5, 0.6) is 0 Å². The molecular weight excluding hydrogens is 188 g/mol. The third kappa shape index (κ3) is 2.71. The Balaban J connectivity index is 1.90. The molecule has 2 nitrogen and oxygen atoms in total. The highest BCUT2D eigenvalue weighted by atomic mass is 16.6. The highest BCUT2D eigenvalue weighted by Crippen LogP contribution is 2.30. The fourth-order valence-corrected chi connectivity index (χ4v) is 2.16. The molecule has 0 N–H and O–H groups in total. The summed E-state index contributed by atoms with van der Waals surface area (Å²) in [6.45, 7) is 0. The van der Waals surface area contributed by atoms with Crippen LogP contribution in [-0.2, 0) is 9.53 Å². The van der Waals surface area contributed by atoms with Crippen LogP contribution in [-0.4, -0.2) is 12.1 Å². The Labute approximate surface area is 91.0 Å². The summed E-state index contributed by atoms with van der Waals surface area (Å²) in [5.41, 5.74) is 0. The van der Waals surface area contributed by atoms with Crippen LogP contribution in [0.1, 0.15) is 38.5 Å². The topological polar surface area (TPSA) is 26.3 Å². The van der Waals surface area contributed by atoms with Crippen molar-refractivity contribution in [2.75, 3.05) is 0 Å². The van der Waals surface area contributed by atoms with Crippen LogP contribution in [0.3, 0.4) is 0 Å². The van der Waals surface area contributed by atoms with Gasteiger partial charge in [-0.3, -0.25) is 4.79 Å². The SMILES string of the molecule is O=C1O[C@@H]2CC/C=C\CC/C=C\CC[C@@H]12. The van der Waals surface area contributed by atoms with Gasteiger partial charge in [0.15, 0.2) is 0 Å². The van der Waals surface area contributed by atoms with E-state index in [-0.39, 0.29) is 18.0 Å². The first-order chi connectivity index (χ1) is 7.38. The maximum Gasteiger partial charge on any atom is 0.313 e. The minimum Gasteiger partial charge on any atom is -0.461 e. The van der Waals surface area contributed by atoms with Gasteiger partial charge in [-0.25, -0.2) is 0 Å². The molecule has 1 heterocycles. The van der Waals surface area contributed by atoms with Gasteiger partial charge in [-0.15, -0.1) is 0 Å². The number of carbonyl (C=O) groups excluding carboxylic acids is 1. The molecule has 0 amide bonds. The maximum absolute atomic E-state index is 11.2. The van der Waals surface area contributed by atoms with Crippen molar-refractivity contribution in [2.24, 2.45) is 5.92 Å². The van der Waals surface area contributed by atoms with Crippen LogP contribution in [0.25, 0.3) is 0 Å². The van der Waals surface area contributed by atoms with Crippen LogP contribution < -0.4 is 0 Å². The highest BCUT2D eigenvalue weighted by molar-refractivity contribution is 5.78. The second kappa shape index (κ2) is 5.15. The summed E-state index contributed by atoms with van der Waals surface area (Å²) in [7, 11) is 0. The van der Waals surface area contributed by atoms with Crippen LogP contribution in [0.2, 0.25) is 0 Å². The van der Waals surface area contributed by atoms with Gasteiger partial charge in [0.1, 0.15) is 6.10 Å². The molecule has 1 aliphatic heterocycles. The lowest BCUT2D eigenvalue weighted by Gasteiger charge is -2.35. The summed E-state index contributed by atoms with van der Waals surface area (Å²) in [4.78, 5) is 11.2. The molecule has 0 unspecified atom stereocenters. The van der Waals surface area contributed by atoms with E-state index in [0.717, 1.165) is 38.5 Å². The van der Waals surface area contributed by atoms with Gasteiger partial charge in [0.25, 0.3) is 0 Å². The largest absolute Gasteiger partial charge is 0.461 e. The quantitative estimate of drug-likeness (QED) is 0.450. The molecule has 2 atom stereocenters. The number of carbonyl (C=O) groups is 1. The predicted octanol–water partition coefficient (Wildman–Crippen LogP) is 2.99. The molecule has 0 bridgehead atoms. The summed E-state index contributed by atoms with van der Waals surface area (Å²) in [5.74, 6) is 0.178. The van der Waals surface area contributed by atoms with Crippen molar-refractivity contribution >= 4 is 5.97 Å². The smallest absolute Gasteiger partial charge is 0.313 e. The number of hydrogen-bond acceptors (Lipinski definition) is 2. The normalized spacial score (nSPS) is 36.1. The Morgan fingerprint density at radius 2 is 1.53 bits per heavy atom. The number of allylic oxidation sites excluding steroid dienone is 4. The Morgan fingerprint density at radius 1 is 0.933 bits per heavy atom. The zero-order valence-electron chi connectivity index (χ0n) is 9.02. The predicted molar refractivity (Wildman–Crippen MR) is 59.4 cm³/mol. The molecule has 0 spiro atoms. The zero-order valence-corrected chi connectivity index (χ0v) is 9.02. The molecule has 2 heteroatoms. The van der Waals surface area contributed by atoms with Crippen molar-refractivity contribution in [1.29, 1.82) is 0 Å². The van der Waals surface area contributed by atoms with Crippen molar-refractivity contribution in [3.8, 4) is 0 Å². The number of fused-ring (bicyclic) bond motifs is 1. The first kappa shape index (κ1) is 10.5. The lowest BCUT2D eigenvalue weighted by molar-refractivity contribution is -0.185. The molecule has 1 fully saturated rings. The standard InChI is InChI=1S/C13H18O2/c14-13-11-9-7-5-3-1-2-4-6-8-10-12(11)15-13/h3-6,11-12H,1-2,7-10H2/b5-3-,6-4-/t11-,12-/m1/s1. The van der Waals surface area contributed by atoms with Crippen LogP contribution in [0.4, 0.5) is 0 Å². The first-order valence-corrected chi connectivity index (χ1v) is 5.88. The number of esters is 1. The van der Waals surface area contributed by atoms with Gasteiger partial charge in [0.05, 0.1) is 5.92 Å². The highest BCUT2D eigenvalue weighted by Gasteiger charge is 2.40. The first-order valence-electron chi connectivity index (χ1n) is 5.88. The Bertz CT molecular complexity index is 278. The summed E-state index contributed by atoms with van der Waals surface area (Å²) in [5, 5.41) is 0. The molecule has 0 aromatic carbocycles.